The third-order valence-electron chi connectivity index (χ3n) is 9.70. The second kappa shape index (κ2) is 47.2. The van der Waals surface area contributed by atoms with Crippen molar-refractivity contribution >= 4 is 5.91 Å². The highest BCUT2D eigenvalue weighted by atomic mass is 16.3. The van der Waals surface area contributed by atoms with Crippen LogP contribution >= 0.6 is 0 Å². The van der Waals surface area contributed by atoms with Gasteiger partial charge < -0.3 is 15.5 Å². The minimum absolute atomic E-state index is 0.0805. The molecule has 0 aliphatic rings. The number of hydrogen-bond donors (Lipinski definition) is 3. The Morgan fingerprint density at radius 2 is 0.772 bits per heavy atom. The van der Waals surface area contributed by atoms with E-state index in [1.807, 2.05) is 6.08 Å². The monoisotopic (exact) mass is 786 g/mol. The Labute approximate surface area is 352 Å². The Morgan fingerprint density at radius 3 is 1.16 bits per heavy atom. The van der Waals surface area contributed by atoms with Crippen molar-refractivity contribution in [1.29, 1.82) is 0 Å². The van der Waals surface area contributed by atoms with E-state index in [-0.39, 0.29) is 12.5 Å². The predicted octanol–water partition coefficient (Wildman–Crippen LogP) is 15.0. The summed E-state index contributed by atoms with van der Waals surface area (Å²) in [6, 6.07) is -0.630. The highest BCUT2D eigenvalue weighted by Gasteiger charge is 2.17. The molecule has 0 saturated carbocycles. The minimum atomic E-state index is -0.846. The molecule has 0 saturated heterocycles. The lowest BCUT2D eigenvalue weighted by Gasteiger charge is -2.20. The van der Waals surface area contributed by atoms with Crippen molar-refractivity contribution < 1.29 is 15.0 Å². The van der Waals surface area contributed by atoms with Crippen LogP contribution in [0.3, 0.4) is 0 Å². The van der Waals surface area contributed by atoms with E-state index in [9.17, 15) is 15.0 Å². The maximum absolute atomic E-state index is 12.3. The number of amides is 1. The zero-order chi connectivity index (χ0) is 41.4. The Hall–Kier alpha value is -3.21. The van der Waals surface area contributed by atoms with E-state index in [0.717, 1.165) is 89.9 Å². The minimum Gasteiger partial charge on any atom is -0.394 e. The summed E-state index contributed by atoms with van der Waals surface area (Å²) in [5.41, 5.74) is 0. The van der Waals surface area contributed by atoms with Crippen molar-refractivity contribution in [2.75, 3.05) is 6.61 Å². The van der Waals surface area contributed by atoms with Gasteiger partial charge in [-0.25, -0.2) is 0 Å². The van der Waals surface area contributed by atoms with Crippen LogP contribution in [0.15, 0.2) is 122 Å². The molecule has 0 aliphatic carbocycles. The number of carbonyl (C=O) groups is 1. The molecule has 0 aromatic heterocycles. The standard InChI is InChI=1S/C53H87NO3/c1-3-5-7-9-11-13-14-15-16-17-18-19-20-21-22-23-24-25-26-27-28-29-30-31-32-33-34-35-36-37-38-39-40-41-43-45-47-49-53(57)54-51(50-55)52(56)48-46-44-42-12-10-8-6-4-2/h5,7,11,13,15-16,18-19,21-22,24-25,27-28,30-31,33-34,46,48,51-52,55-56H,3-4,6,8-10,12,14,17,20,23,26,29,32,35-45,47,49-50H2,1-2H3,(H,54,57)/b7-5-,13-11-,16-15-,19-18-,22-21-,25-24-,28-27-,31-30-,34-33-,48-46+. The quantitative estimate of drug-likeness (QED) is 0.0428. The van der Waals surface area contributed by atoms with Crippen LogP contribution in [-0.2, 0) is 4.79 Å². The van der Waals surface area contributed by atoms with E-state index in [0.29, 0.717) is 6.42 Å². The van der Waals surface area contributed by atoms with Crippen molar-refractivity contribution in [1.82, 2.24) is 5.32 Å². The van der Waals surface area contributed by atoms with Crippen molar-refractivity contribution in [2.24, 2.45) is 0 Å². The Bertz CT molecular complexity index is 1160. The molecule has 0 aliphatic heterocycles. The van der Waals surface area contributed by atoms with Crippen LogP contribution < -0.4 is 5.32 Å². The third-order valence-corrected chi connectivity index (χ3v) is 9.70. The van der Waals surface area contributed by atoms with Gasteiger partial charge in [-0.05, 0) is 89.9 Å². The Balaban J connectivity index is 3.62. The molecule has 0 fully saturated rings. The van der Waals surface area contributed by atoms with Crippen LogP contribution in [-0.4, -0.2) is 34.9 Å². The van der Waals surface area contributed by atoms with Crippen LogP contribution in [0.4, 0.5) is 0 Å². The summed E-state index contributed by atoms with van der Waals surface area (Å²) in [7, 11) is 0. The molecule has 2 unspecified atom stereocenters. The highest BCUT2D eigenvalue weighted by molar-refractivity contribution is 5.76. The molecule has 2 atom stereocenters. The SMILES string of the molecule is CC/C=C\C/C=C\C/C=C\C/C=C\C/C=C\C/C=C\C/C=C\C/C=C\C/C=C\CCCCCCCCCCCC(=O)NC(CO)C(O)/C=C/CCCCCCCC. The van der Waals surface area contributed by atoms with Gasteiger partial charge in [0, 0.05) is 6.42 Å². The van der Waals surface area contributed by atoms with Crippen molar-refractivity contribution in [3.63, 3.8) is 0 Å². The summed E-state index contributed by atoms with van der Waals surface area (Å²) in [6.07, 6.45) is 73.3. The molecule has 0 bridgehead atoms. The number of nitrogens with one attached hydrogen (secondary N) is 1. The van der Waals surface area contributed by atoms with E-state index in [4.69, 9.17) is 0 Å². The van der Waals surface area contributed by atoms with Gasteiger partial charge in [-0.2, -0.15) is 0 Å². The van der Waals surface area contributed by atoms with Gasteiger partial charge in [0.2, 0.25) is 5.91 Å². The van der Waals surface area contributed by atoms with E-state index < -0.39 is 12.1 Å². The zero-order valence-electron chi connectivity index (χ0n) is 36.8. The second-order valence-corrected chi connectivity index (χ2v) is 15.1. The predicted molar refractivity (Wildman–Crippen MR) is 252 cm³/mol. The maximum Gasteiger partial charge on any atom is 0.220 e. The Morgan fingerprint density at radius 1 is 0.439 bits per heavy atom. The molecule has 3 N–H and O–H groups in total. The second-order valence-electron chi connectivity index (χ2n) is 15.1. The van der Waals surface area contributed by atoms with Crippen molar-refractivity contribution in [3.05, 3.63) is 122 Å². The normalized spacial score (nSPS) is 14.1. The maximum atomic E-state index is 12.3. The van der Waals surface area contributed by atoms with E-state index >= 15 is 0 Å². The summed E-state index contributed by atoms with van der Waals surface area (Å²) in [6.45, 7) is 4.13. The fourth-order valence-electron chi connectivity index (χ4n) is 6.17. The number of allylic oxidation sites excluding steroid dienone is 19. The summed E-state index contributed by atoms with van der Waals surface area (Å²) in [5.74, 6) is -0.0805. The van der Waals surface area contributed by atoms with E-state index in [1.54, 1.807) is 6.08 Å². The molecule has 0 radical (unpaired) electrons. The fraction of sp³-hybridized carbons (Fsp3) is 0.604. The first-order chi connectivity index (χ1) is 28.2. The molecule has 0 spiro atoms. The summed E-state index contributed by atoms with van der Waals surface area (Å²) in [4.78, 5) is 12.3. The van der Waals surface area contributed by atoms with Crippen molar-refractivity contribution in [3.8, 4) is 0 Å². The third kappa shape index (κ3) is 43.8. The van der Waals surface area contributed by atoms with Crippen LogP contribution in [0.25, 0.3) is 0 Å². The average molecular weight is 786 g/mol. The largest absolute Gasteiger partial charge is 0.394 e. The van der Waals surface area contributed by atoms with Gasteiger partial charge in [-0.15, -0.1) is 0 Å². The van der Waals surface area contributed by atoms with Crippen molar-refractivity contribution in [2.45, 2.75) is 199 Å². The van der Waals surface area contributed by atoms with Gasteiger partial charge in [-0.1, -0.05) is 212 Å². The molecule has 0 heterocycles. The molecule has 57 heavy (non-hydrogen) atoms. The molecule has 0 rings (SSSR count). The lowest BCUT2D eigenvalue weighted by atomic mass is 10.0. The zero-order valence-corrected chi connectivity index (χ0v) is 36.8. The molecule has 322 valence electrons. The lowest BCUT2D eigenvalue weighted by molar-refractivity contribution is -0.123. The average Bonchev–Trinajstić information content (AvgIpc) is 3.22. The van der Waals surface area contributed by atoms with Gasteiger partial charge in [0.15, 0.2) is 0 Å². The first-order valence-corrected chi connectivity index (χ1v) is 23.2. The molecule has 0 aromatic rings. The van der Waals surface area contributed by atoms with Crippen LogP contribution in [0.5, 0.6) is 0 Å². The van der Waals surface area contributed by atoms with Gasteiger partial charge in [-0.3, -0.25) is 4.79 Å². The van der Waals surface area contributed by atoms with Crippen LogP contribution in [0.1, 0.15) is 187 Å². The first-order valence-electron chi connectivity index (χ1n) is 23.2. The topological polar surface area (TPSA) is 69.6 Å². The smallest absolute Gasteiger partial charge is 0.220 e. The molecule has 4 nitrogen and oxygen atoms in total. The number of unbranched alkanes of at least 4 members (excludes halogenated alkanes) is 15. The van der Waals surface area contributed by atoms with Gasteiger partial charge >= 0.3 is 0 Å². The number of aliphatic hydroxyl groups excluding tert-OH is 2. The van der Waals surface area contributed by atoms with Gasteiger partial charge in [0.1, 0.15) is 0 Å². The number of carbonyl (C=O) groups excluding carboxylic acids is 1. The Kier molecular flexibility index (Phi) is 44.5. The molecule has 4 heteroatoms. The molecular formula is C53H87NO3. The number of rotatable bonds is 40. The molecule has 1 amide bonds. The van der Waals surface area contributed by atoms with E-state index in [1.165, 1.54) is 77.0 Å². The van der Waals surface area contributed by atoms with E-state index in [2.05, 4.69) is 129 Å². The summed E-state index contributed by atoms with van der Waals surface area (Å²) < 4.78 is 0. The first kappa shape index (κ1) is 53.8. The highest BCUT2D eigenvalue weighted by Crippen LogP contribution is 2.12. The number of hydrogen-bond acceptors (Lipinski definition) is 3. The summed E-state index contributed by atoms with van der Waals surface area (Å²) in [5, 5.41) is 22.8. The number of aliphatic hydroxyl groups is 2. The van der Waals surface area contributed by atoms with Crippen LogP contribution in [0.2, 0.25) is 0 Å². The molecular weight excluding hydrogens is 699 g/mol. The molecule has 0 aromatic carbocycles. The van der Waals surface area contributed by atoms with Gasteiger partial charge in [0.25, 0.3) is 0 Å². The van der Waals surface area contributed by atoms with Gasteiger partial charge in [0.05, 0.1) is 18.8 Å². The fourth-order valence-corrected chi connectivity index (χ4v) is 6.17. The summed E-state index contributed by atoms with van der Waals surface area (Å²) >= 11 is 0. The van der Waals surface area contributed by atoms with Crippen LogP contribution in [0, 0.1) is 0 Å². The lowest BCUT2D eigenvalue weighted by Crippen LogP contribution is -2.45.